The Bertz CT molecular complexity index is 1910. The van der Waals surface area contributed by atoms with Crippen LogP contribution in [0.4, 0.5) is 0 Å². The zero-order chi connectivity index (χ0) is 25.1. The minimum absolute atomic E-state index is 0.425. The van der Waals surface area contributed by atoms with E-state index in [4.69, 9.17) is 0 Å². The number of hydrogen-bond donors (Lipinski definition) is 0. The van der Waals surface area contributed by atoms with E-state index in [-0.39, 0.29) is 0 Å². The van der Waals surface area contributed by atoms with E-state index >= 15 is 0 Å². The maximum atomic E-state index is 2.49. The third-order valence-electron chi connectivity index (χ3n) is 8.26. The van der Waals surface area contributed by atoms with E-state index in [0.29, 0.717) is 0 Å². The fourth-order valence-corrected chi connectivity index (χ4v) is 6.73. The van der Waals surface area contributed by atoms with Gasteiger partial charge in [0.15, 0.2) is 0 Å². The summed E-state index contributed by atoms with van der Waals surface area (Å²) >= 11 is 0. The molecule has 178 valence electrons. The quantitative estimate of drug-likeness (QED) is 0.236. The number of para-hydroxylation sites is 2. The Labute approximate surface area is 222 Å². The Morgan fingerprint density at radius 3 is 1.74 bits per heavy atom. The van der Waals surface area contributed by atoms with Crippen molar-refractivity contribution in [2.75, 3.05) is 0 Å². The van der Waals surface area contributed by atoms with Crippen LogP contribution in [0.15, 0.2) is 152 Å². The number of aromatic nitrogens is 1. The second kappa shape index (κ2) is 8.06. The Balaban J connectivity index is 1.57. The van der Waals surface area contributed by atoms with Crippen LogP contribution in [-0.2, 0) is 5.41 Å². The summed E-state index contributed by atoms with van der Waals surface area (Å²) in [5.74, 6) is 0. The van der Waals surface area contributed by atoms with Crippen molar-refractivity contribution in [2.24, 2.45) is 0 Å². The van der Waals surface area contributed by atoms with Crippen LogP contribution in [-0.4, -0.2) is 4.57 Å². The Morgan fingerprint density at radius 1 is 0.421 bits per heavy atom. The molecule has 1 nitrogen and oxygen atoms in total. The number of benzene rings is 6. The van der Waals surface area contributed by atoms with E-state index in [1.54, 1.807) is 0 Å². The molecule has 1 aliphatic heterocycles. The van der Waals surface area contributed by atoms with Gasteiger partial charge in [-0.15, -0.1) is 0 Å². The first kappa shape index (κ1) is 21.2. The second-order valence-electron chi connectivity index (χ2n) is 10.1. The highest BCUT2D eigenvalue weighted by Gasteiger charge is 2.44. The molecule has 0 radical (unpaired) electrons. The van der Waals surface area contributed by atoms with Gasteiger partial charge in [-0.2, -0.15) is 0 Å². The highest BCUT2D eigenvalue weighted by molar-refractivity contribution is 6.13. The van der Waals surface area contributed by atoms with Crippen LogP contribution in [0.3, 0.4) is 0 Å². The lowest BCUT2D eigenvalue weighted by Gasteiger charge is -2.41. The third kappa shape index (κ3) is 2.76. The zero-order valence-corrected chi connectivity index (χ0v) is 20.9. The maximum Gasteiger partial charge on any atom is 0.0742 e. The Kier molecular flexibility index (Phi) is 4.50. The predicted molar refractivity (Wildman–Crippen MR) is 158 cm³/mol. The Hall–Kier alpha value is -4.88. The molecule has 0 bridgehead atoms. The van der Waals surface area contributed by atoms with Gasteiger partial charge in [-0.25, -0.2) is 0 Å². The highest BCUT2D eigenvalue weighted by Crippen LogP contribution is 2.54. The summed E-state index contributed by atoms with van der Waals surface area (Å²) in [6.45, 7) is 0. The van der Waals surface area contributed by atoms with Gasteiger partial charge in [-0.3, -0.25) is 0 Å². The summed E-state index contributed by atoms with van der Waals surface area (Å²) in [6.07, 6.45) is 0. The summed E-state index contributed by atoms with van der Waals surface area (Å²) in [4.78, 5) is 0. The number of rotatable bonds is 3. The van der Waals surface area contributed by atoms with E-state index < -0.39 is 5.41 Å². The van der Waals surface area contributed by atoms with Crippen molar-refractivity contribution in [3.05, 3.63) is 174 Å². The first-order chi connectivity index (χ1) is 18.9. The molecule has 0 N–H and O–H groups in total. The van der Waals surface area contributed by atoms with Crippen molar-refractivity contribution in [1.29, 1.82) is 0 Å². The van der Waals surface area contributed by atoms with Gasteiger partial charge in [-0.1, -0.05) is 133 Å². The summed E-state index contributed by atoms with van der Waals surface area (Å²) in [7, 11) is 0. The molecule has 0 fully saturated rings. The van der Waals surface area contributed by atoms with Gasteiger partial charge in [0.1, 0.15) is 0 Å². The minimum Gasteiger partial charge on any atom is -0.309 e. The van der Waals surface area contributed by atoms with Crippen molar-refractivity contribution in [1.82, 2.24) is 4.57 Å². The van der Waals surface area contributed by atoms with Gasteiger partial charge < -0.3 is 4.57 Å². The molecule has 6 aromatic carbocycles. The summed E-state index contributed by atoms with van der Waals surface area (Å²) in [5.41, 5.74) is 11.0. The van der Waals surface area contributed by atoms with Crippen molar-refractivity contribution in [3.63, 3.8) is 0 Å². The molecule has 0 unspecified atom stereocenters. The highest BCUT2D eigenvalue weighted by atomic mass is 15.0. The SMILES string of the molecule is c1ccc(-c2ccc3c(c2)c2cccc4c2n3-c2ccccc2C4(c2ccccc2)c2ccccc2)cc1. The molecule has 0 spiro atoms. The van der Waals surface area contributed by atoms with Crippen LogP contribution < -0.4 is 0 Å². The summed E-state index contributed by atoms with van der Waals surface area (Å²) in [6, 6.07) is 55.5. The van der Waals surface area contributed by atoms with Gasteiger partial charge in [0.25, 0.3) is 0 Å². The van der Waals surface area contributed by atoms with E-state index in [0.717, 1.165) is 0 Å². The molecule has 1 aromatic heterocycles. The van der Waals surface area contributed by atoms with Crippen LogP contribution in [0.5, 0.6) is 0 Å². The molecular formula is C37H25N. The first-order valence-corrected chi connectivity index (χ1v) is 13.2. The topological polar surface area (TPSA) is 4.93 Å². The van der Waals surface area contributed by atoms with Crippen LogP contribution in [0.25, 0.3) is 38.6 Å². The number of nitrogens with zero attached hydrogens (tertiary/aromatic N) is 1. The van der Waals surface area contributed by atoms with Crippen molar-refractivity contribution in [3.8, 4) is 16.8 Å². The van der Waals surface area contributed by atoms with Gasteiger partial charge in [0.05, 0.1) is 22.1 Å². The predicted octanol–water partition coefficient (Wildman–Crippen LogP) is 9.15. The molecule has 0 amide bonds. The van der Waals surface area contributed by atoms with Crippen molar-refractivity contribution >= 4 is 21.8 Å². The lowest BCUT2D eigenvalue weighted by atomic mass is 9.63. The van der Waals surface area contributed by atoms with Gasteiger partial charge >= 0.3 is 0 Å². The monoisotopic (exact) mass is 483 g/mol. The zero-order valence-electron chi connectivity index (χ0n) is 20.9. The molecule has 8 rings (SSSR count). The van der Waals surface area contributed by atoms with Crippen molar-refractivity contribution < 1.29 is 0 Å². The smallest absolute Gasteiger partial charge is 0.0742 e. The first-order valence-electron chi connectivity index (χ1n) is 13.2. The molecule has 1 heteroatoms. The molecule has 0 atom stereocenters. The molecule has 0 saturated carbocycles. The van der Waals surface area contributed by atoms with E-state index in [9.17, 15) is 0 Å². The van der Waals surface area contributed by atoms with Gasteiger partial charge in [0, 0.05) is 10.8 Å². The lowest BCUT2D eigenvalue weighted by Crippen LogP contribution is -2.35. The summed E-state index contributed by atoms with van der Waals surface area (Å²) < 4.78 is 2.49. The standard InChI is InChI=1S/C37H25N/c1-4-13-26(14-5-1)27-23-24-34-31(25-27)30-19-12-21-33-36(30)38(34)35-22-11-10-20-32(35)37(33,28-15-6-2-7-16-28)29-17-8-3-9-18-29/h1-25H. The van der Waals surface area contributed by atoms with Crippen LogP contribution in [0.1, 0.15) is 22.3 Å². The molecule has 0 saturated heterocycles. The molecule has 7 aromatic rings. The fraction of sp³-hybridized carbons (Fsp3) is 0.0270. The van der Waals surface area contributed by atoms with E-state index in [1.807, 2.05) is 0 Å². The average molecular weight is 484 g/mol. The third-order valence-corrected chi connectivity index (χ3v) is 8.26. The van der Waals surface area contributed by atoms with Gasteiger partial charge in [0.2, 0.25) is 0 Å². The van der Waals surface area contributed by atoms with Crippen LogP contribution in [0, 0.1) is 0 Å². The van der Waals surface area contributed by atoms with Crippen molar-refractivity contribution in [2.45, 2.75) is 5.41 Å². The Morgan fingerprint density at radius 2 is 1.03 bits per heavy atom. The number of fused-ring (bicyclic) bond motifs is 5. The minimum atomic E-state index is -0.425. The summed E-state index contributed by atoms with van der Waals surface area (Å²) in [5, 5.41) is 2.58. The lowest BCUT2D eigenvalue weighted by molar-refractivity contribution is 0.728. The molecule has 2 heterocycles. The van der Waals surface area contributed by atoms with E-state index in [1.165, 1.54) is 60.9 Å². The number of hydrogen-bond acceptors (Lipinski definition) is 0. The molecule has 0 aliphatic carbocycles. The normalized spacial score (nSPS) is 13.5. The molecule has 1 aliphatic rings. The maximum absolute atomic E-state index is 2.49. The second-order valence-corrected chi connectivity index (χ2v) is 10.1. The van der Waals surface area contributed by atoms with Crippen LogP contribution >= 0.6 is 0 Å². The van der Waals surface area contributed by atoms with E-state index in [2.05, 4.69) is 156 Å². The fourth-order valence-electron chi connectivity index (χ4n) is 6.73. The van der Waals surface area contributed by atoms with Gasteiger partial charge in [-0.05, 0) is 51.6 Å². The van der Waals surface area contributed by atoms with Crippen LogP contribution in [0.2, 0.25) is 0 Å². The largest absolute Gasteiger partial charge is 0.309 e. The molecular weight excluding hydrogens is 458 g/mol. The average Bonchev–Trinajstić information content (AvgIpc) is 3.34. The molecule has 38 heavy (non-hydrogen) atoms.